The molecule has 0 unspecified atom stereocenters. The van der Waals surface area contributed by atoms with E-state index in [0.717, 1.165) is 0 Å². The monoisotopic (exact) mass is 305 g/mol. The molecular weight excluding hydrogens is 294 g/mol. The van der Waals surface area contributed by atoms with Crippen molar-refractivity contribution >= 4 is 29.2 Å². The summed E-state index contributed by atoms with van der Waals surface area (Å²) in [4.78, 5) is 22.5. The van der Waals surface area contributed by atoms with E-state index in [0.29, 0.717) is 11.4 Å². The maximum absolute atomic E-state index is 11.7. The van der Waals surface area contributed by atoms with Crippen molar-refractivity contribution in [1.82, 2.24) is 0 Å². The van der Waals surface area contributed by atoms with Crippen LogP contribution in [0.3, 0.4) is 0 Å². The number of ether oxygens (including phenoxy) is 1. The van der Waals surface area contributed by atoms with Crippen molar-refractivity contribution in [2.24, 2.45) is 0 Å². The summed E-state index contributed by atoms with van der Waals surface area (Å²) in [5.74, 6) is -0.893. The van der Waals surface area contributed by atoms with E-state index in [4.69, 9.17) is 21.4 Å². The van der Waals surface area contributed by atoms with Gasteiger partial charge in [-0.1, -0.05) is 29.8 Å². The predicted octanol–water partition coefficient (Wildman–Crippen LogP) is 3.06. The van der Waals surface area contributed by atoms with Crippen LogP contribution >= 0.6 is 11.6 Å². The molecule has 0 aliphatic rings. The molecule has 0 heterocycles. The molecule has 21 heavy (non-hydrogen) atoms. The number of anilines is 1. The van der Waals surface area contributed by atoms with E-state index in [1.165, 1.54) is 18.2 Å². The minimum absolute atomic E-state index is 0.0183. The topological polar surface area (TPSA) is 75.6 Å². The lowest BCUT2D eigenvalue weighted by Crippen LogP contribution is -2.20. The van der Waals surface area contributed by atoms with Crippen LogP contribution in [0, 0.1) is 0 Å². The fraction of sp³-hybridized carbons (Fsp3) is 0.0667. The van der Waals surface area contributed by atoms with E-state index in [2.05, 4.69) is 5.32 Å². The number of hydrogen-bond acceptors (Lipinski definition) is 3. The van der Waals surface area contributed by atoms with E-state index >= 15 is 0 Å². The Morgan fingerprint density at radius 1 is 1.14 bits per heavy atom. The zero-order chi connectivity index (χ0) is 15.2. The Morgan fingerprint density at radius 2 is 1.86 bits per heavy atom. The molecule has 2 aromatic carbocycles. The molecule has 0 saturated carbocycles. The van der Waals surface area contributed by atoms with Crippen LogP contribution < -0.4 is 10.1 Å². The molecule has 108 valence electrons. The van der Waals surface area contributed by atoms with Crippen LogP contribution in [-0.4, -0.2) is 23.6 Å². The number of para-hydroxylation sites is 1. The number of benzene rings is 2. The average Bonchev–Trinajstić information content (AvgIpc) is 2.46. The molecule has 0 aromatic heterocycles. The first-order chi connectivity index (χ1) is 10.1. The van der Waals surface area contributed by atoms with Gasteiger partial charge in [-0.3, -0.25) is 4.79 Å². The summed E-state index contributed by atoms with van der Waals surface area (Å²) in [6, 6.07) is 13.1. The summed E-state index contributed by atoms with van der Waals surface area (Å²) in [5.41, 5.74) is 0.391. The number of carboxylic acid groups (broad SMARTS) is 1. The first-order valence-electron chi connectivity index (χ1n) is 6.07. The van der Waals surface area contributed by atoms with Crippen molar-refractivity contribution < 1.29 is 19.4 Å². The van der Waals surface area contributed by atoms with Gasteiger partial charge in [0.1, 0.15) is 5.75 Å². The molecule has 2 aromatic rings. The fourth-order valence-corrected chi connectivity index (χ4v) is 1.89. The summed E-state index contributed by atoms with van der Waals surface area (Å²) < 4.78 is 5.29. The summed E-state index contributed by atoms with van der Waals surface area (Å²) in [5, 5.41) is 11.5. The van der Waals surface area contributed by atoms with Crippen molar-refractivity contribution in [3.8, 4) is 5.75 Å². The highest BCUT2D eigenvalue weighted by Gasteiger charge is 2.10. The van der Waals surface area contributed by atoms with Gasteiger partial charge >= 0.3 is 5.97 Å². The van der Waals surface area contributed by atoms with Gasteiger partial charge in [-0.15, -0.1) is 0 Å². The van der Waals surface area contributed by atoms with Crippen molar-refractivity contribution in [1.29, 1.82) is 0 Å². The standard InChI is InChI=1S/C15H12ClNO4/c16-13-8-10(6-7-12(13)15(19)20)17-14(18)9-21-11-4-2-1-3-5-11/h1-8H,9H2,(H,17,18)(H,19,20). The Morgan fingerprint density at radius 3 is 2.48 bits per heavy atom. The molecule has 2 N–H and O–H groups in total. The molecule has 2 rings (SSSR count). The number of nitrogens with one attached hydrogen (secondary N) is 1. The van der Waals surface area contributed by atoms with Gasteiger partial charge in [0.15, 0.2) is 6.61 Å². The molecule has 0 fully saturated rings. The SMILES string of the molecule is O=C(COc1ccccc1)Nc1ccc(C(=O)O)c(Cl)c1. The summed E-state index contributed by atoms with van der Waals surface area (Å²) in [7, 11) is 0. The molecule has 0 bridgehead atoms. The zero-order valence-corrected chi connectivity index (χ0v) is 11.6. The minimum atomic E-state index is -1.12. The van der Waals surface area contributed by atoms with E-state index in [1.807, 2.05) is 6.07 Å². The Balaban J connectivity index is 1.94. The third-order valence-electron chi connectivity index (χ3n) is 2.60. The maximum Gasteiger partial charge on any atom is 0.337 e. The number of carboxylic acids is 1. The minimum Gasteiger partial charge on any atom is -0.484 e. The normalized spacial score (nSPS) is 9.95. The fourth-order valence-electron chi connectivity index (χ4n) is 1.63. The van der Waals surface area contributed by atoms with Crippen molar-refractivity contribution in [2.45, 2.75) is 0 Å². The maximum atomic E-state index is 11.7. The molecule has 0 aliphatic heterocycles. The summed E-state index contributed by atoms with van der Waals surface area (Å²) >= 11 is 5.82. The lowest BCUT2D eigenvalue weighted by Gasteiger charge is -2.08. The first-order valence-corrected chi connectivity index (χ1v) is 6.44. The molecular formula is C15H12ClNO4. The second-order valence-corrected chi connectivity index (χ2v) is 4.56. The van der Waals surface area contributed by atoms with Gasteiger partial charge in [-0.2, -0.15) is 0 Å². The highest BCUT2D eigenvalue weighted by molar-refractivity contribution is 6.33. The van der Waals surface area contributed by atoms with E-state index in [1.54, 1.807) is 24.3 Å². The average molecular weight is 306 g/mol. The Labute approximate surface area is 126 Å². The summed E-state index contributed by atoms with van der Waals surface area (Å²) in [6.45, 7) is -0.150. The van der Waals surface area contributed by atoms with Gasteiger partial charge in [-0.25, -0.2) is 4.79 Å². The zero-order valence-electron chi connectivity index (χ0n) is 10.9. The number of hydrogen-bond donors (Lipinski definition) is 2. The highest BCUT2D eigenvalue weighted by Crippen LogP contribution is 2.21. The third kappa shape index (κ3) is 4.22. The summed E-state index contributed by atoms with van der Waals surface area (Å²) in [6.07, 6.45) is 0. The van der Waals surface area contributed by atoms with Gasteiger partial charge in [0.05, 0.1) is 10.6 Å². The third-order valence-corrected chi connectivity index (χ3v) is 2.91. The number of carbonyl (C=O) groups excluding carboxylic acids is 1. The lowest BCUT2D eigenvalue weighted by atomic mass is 10.2. The van der Waals surface area contributed by atoms with Crippen LogP contribution in [0.2, 0.25) is 5.02 Å². The number of aromatic carboxylic acids is 1. The molecule has 0 spiro atoms. The predicted molar refractivity (Wildman–Crippen MR) is 79.0 cm³/mol. The molecule has 0 saturated heterocycles. The van der Waals surface area contributed by atoms with E-state index in [-0.39, 0.29) is 23.1 Å². The quantitative estimate of drug-likeness (QED) is 0.890. The number of carbonyl (C=O) groups is 2. The van der Waals surface area contributed by atoms with Crippen LogP contribution in [-0.2, 0) is 4.79 Å². The van der Waals surface area contributed by atoms with Crippen molar-refractivity contribution in [3.63, 3.8) is 0 Å². The largest absolute Gasteiger partial charge is 0.484 e. The van der Waals surface area contributed by atoms with Gasteiger partial charge < -0.3 is 15.2 Å². The van der Waals surface area contributed by atoms with Gasteiger partial charge in [0.2, 0.25) is 0 Å². The van der Waals surface area contributed by atoms with Crippen LogP contribution in [0.1, 0.15) is 10.4 Å². The lowest BCUT2D eigenvalue weighted by molar-refractivity contribution is -0.118. The molecule has 5 nitrogen and oxygen atoms in total. The highest BCUT2D eigenvalue weighted by atomic mass is 35.5. The van der Waals surface area contributed by atoms with Crippen LogP contribution in [0.15, 0.2) is 48.5 Å². The Hall–Kier alpha value is -2.53. The van der Waals surface area contributed by atoms with Crippen molar-refractivity contribution in [3.05, 3.63) is 59.1 Å². The number of rotatable bonds is 5. The van der Waals surface area contributed by atoms with Gasteiger partial charge in [0.25, 0.3) is 5.91 Å². The smallest absolute Gasteiger partial charge is 0.337 e. The first kappa shape index (κ1) is 14.9. The molecule has 0 aliphatic carbocycles. The van der Waals surface area contributed by atoms with Gasteiger partial charge in [-0.05, 0) is 30.3 Å². The van der Waals surface area contributed by atoms with Crippen LogP contribution in [0.4, 0.5) is 5.69 Å². The number of amides is 1. The van der Waals surface area contributed by atoms with E-state index in [9.17, 15) is 9.59 Å². The van der Waals surface area contributed by atoms with Crippen LogP contribution in [0.25, 0.3) is 0 Å². The number of halogens is 1. The van der Waals surface area contributed by atoms with Crippen LogP contribution in [0.5, 0.6) is 5.75 Å². The molecule has 1 amide bonds. The molecule has 0 atom stereocenters. The van der Waals surface area contributed by atoms with E-state index < -0.39 is 5.97 Å². The second-order valence-electron chi connectivity index (χ2n) is 4.15. The van der Waals surface area contributed by atoms with Gasteiger partial charge in [0, 0.05) is 5.69 Å². The second kappa shape index (κ2) is 6.76. The molecule has 0 radical (unpaired) electrons. The Bertz CT molecular complexity index is 658. The van der Waals surface area contributed by atoms with Crippen molar-refractivity contribution in [2.75, 3.05) is 11.9 Å². The molecule has 6 heteroatoms. The Kier molecular flexibility index (Phi) is 4.79.